The molecule has 0 aliphatic carbocycles. The second kappa shape index (κ2) is 15.9. The van der Waals surface area contributed by atoms with Crippen molar-refractivity contribution in [3.05, 3.63) is 81.4 Å². The second-order valence-electron chi connectivity index (χ2n) is 9.98. The molecular formula is C32H48Cl2FS+. The van der Waals surface area contributed by atoms with Gasteiger partial charge in [-0.15, -0.1) is 0 Å². The Bertz CT molecular complexity index is 979. The summed E-state index contributed by atoms with van der Waals surface area (Å²) in [5.74, 6) is 1.98. The highest BCUT2D eigenvalue weighted by atomic mass is 35.5. The van der Waals surface area contributed by atoms with Gasteiger partial charge in [0, 0.05) is 21.4 Å². The maximum absolute atomic E-state index is 15.5. The number of halogens is 3. The van der Waals surface area contributed by atoms with Gasteiger partial charge in [-0.3, -0.25) is 0 Å². The van der Waals surface area contributed by atoms with Crippen molar-refractivity contribution < 1.29 is 4.39 Å². The van der Waals surface area contributed by atoms with Crippen molar-refractivity contribution in [3.8, 4) is 0 Å². The lowest BCUT2D eigenvalue weighted by Gasteiger charge is -2.40. The van der Waals surface area contributed by atoms with Crippen molar-refractivity contribution in [1.29, 1.82) is 0 Å². The van der Waals surface area contributed by atoms with E-state index in [1.165, 1.54) is 6.42 Å². The fraction of sp³-hybridized carbons (Fsp3) is 0.500. The van der Waals surface area contributed by atoms with Crippen LogP contribution >= 0.6 is 23.2 Å². The van der Waals surface area contributed by atoms with Crippen LogP contribution in [-0.4, -0.2) is 11.4 Å². The average molecular weight is 555 g/mol. The number of hydrogen-bond donors (Lipinski definition) is 0. The minimum Gasteiger partial charge on any atom is -0.244 e. The maximum Gasteiger partial charge on any atom is 0.115 e. The highest BCUT2D eigenvalue weighted by molar-refractivity contribution is 7.58. The van der Waals surface area contributed by atoms with Crippen LogP contribution in [0.4, 0.5) is 4.39 Å². The molecule has 0 aliphatic heterocycles. The van der Waals surface area contributed by atoms with Crippen LogP contribution in [0.1, 0.15) is 97.4 Å². The molecule has 0 spiro atoms. The van der Waals surface area contributed by atoms with Crippen LogP contribution in [0.15, 0.2) is 49.1 Å². The van der Waals surface area contributed by atoms with Crippen LogP contribution in [0, 0.1) is 12.8 Å². The smallest absolute Gasteiger partial charge is 0.115 e. The third-order valence-corrected chi connectivity index (χ3v) is 7.94. The molecule has 2 atom stereocenters. The first kappa shape index (κ1) is 34.8. The Kier molecular flexibility index (Phi) is 15.4. The third-order valence-electron chi connectivity index (χ3n) is 6.81. The summed E-state index contributed by atoms with van der Waals surface area (Å²) in [5.41, 5.74) is 4.04. The molecule has 2 unspecified atom stereocenters. The summed E-state index contributed by atoms with van der Waals surface area (Å²) >= 11 is 15.9. The number of benzene rings is 2. The fourth-order valence-corrected chi connectivity index (χ4v) is 4.58. The molecule has 0 N–H and O–H groups in total. The van der Waals surface area contributed by atoms with E-state index in [4.69, 9.17) is 23.2 Å². The maximum atomic E-state index is 15.5. The summed E-state index contributed by atoms with van der Waals surface area (Å²) in [6, 6.07) is 11.6. The summed E-state index contributed by atoms with van der Waals surface area (Å²) in [5, 5.41) is 1.03. The Morgan fingerprint density at radius 1 is 1.08 bits per heavy atom. The topological polar surface area (TPSA) is 0 Å². The van der Waals surface area contributed by atoms with Gasteiger partial charge in [-0.05, 0) is 106 Å². The van der Waals surface area contributed by atoms with Gasteiger partial charge in [0.1, 0.15) is 11.4 Å². The fourth-order valence-electron chi connectivity index (χ4n) is 3.77. The van der Waals surface area contributed by atoms with Crippen LogP contribution in [-0.2, 0) is 18.0 Å². The highest BCUT2D eigenvalue weighted by Crippen LogP contribution is 2.46. The molecule has 0 bridgehead atoms. The number of hydrogen-bond acceptors (Lipinski definition) is 0. The summed E-state index contributed by atoms with van der Waals surface area (Å²) in [6.07, 6.45) is 3.87. The Morgan fingerprint density at radius 2 is 1.61 bits per heavy atom. The first-order valence-corrected chi connectivity index (χ1v) is 14.4. The number of rotatable bonds is 8. The molecule has 4 heteroatoms. The number of allylic oxidation sites excluding steroid dienone is 3. The molecule has 0 saturated heterocycles. The highest BCUT2D eigenvalue weighted by Gasteiger charge is 2.43. The van der Waals surface area contributed by atoms with Crippen LogP contribution in [0.2, 0.25) is 10.0 Å². The largest absolute Gasteiger partial charge is 0.244 e. The van der Waals surface area contributed by atoms with E-state index >= 15 is 4.39 Å². The molecule has 0 aliphatic rings. The van der Waals surface area contributed by atoms with Gasteiger partial charge in [-0.2, -0.15) is 0 Å². The quantitative estimate of drug-likeness (QED) is 0.285. The van der Waals surface area contributed by atoms with Gasteiger partial charge in [0.2, 0.25) is 0 Å². The van der Waals surface area contributed by atoms with Crippen LogP contribution in [0.3, 0.4) is 0 Å². The van der Waals surface area contributed by atoms with Crippen molar-refractivity contribution in [3.63, 3.8) is 0 Å². The summed E-state index contributed by atoms with van der Waals surface area (Å²) < 4.78 is 15.5. The SMILES string of the molecule is C=C(C)c1ccc(/C(=C/C)CC(C)(c2cc(Cl)cc(Cl)c2)C(C)(C)F)cc1C.CC.CCC(C)C[SH2+]. The van der Waals surface area contributed by atoms with Gasteiger partial charge < -0.3 is 0 Å². The van der Waals surface area contributed by atoms with Gasteiger partial charge in [0.15, 0.2) is 0 Å². The lowest BCUT2D eigenvalue weighted by molar-refractivity contribution is 0.104. The first-order valence-electron chi connectivity index (χ1n) is 12.9. The zero-order valence-corrected chi connectivity index (χ0v) is 26.6. The van der Waals surface area contributed by atoms with E-state index in [1.807, 2.05) is 46.8 Å². The summed E-state index contributed by atoms with van der Waals surface area (Å²) in [6.45, 7) is 23.7. The molecule has 0 fully saturated rings. The molecule has 0 nitrogen and oxygen atoms in total. The van der Waals surface area contributed by atoms with Crippen molar-refractivity contribution in [2.45, 2.75) is 93.2 Å². The predicted molar refractivity (Wildman–Crippen MR) is 169 cm³/mol. The molecular weight excluding hydrogens is 506 g/mol. The van der Waals surface area contributed by atoms with Gasteiger partial charge >= 0.3 is 0 Å². The molecule has 0 aromatic heterocycles. The Labute approximate surface area is 236 Å². The molecule has 0 heterocycles. The predicted octanol–water partition coefficient (Wildman–Crippen LogP) is 10.9. The Morgan fingerprint density at radius 3 is 1.94 bits per heavy atom. The number of aryl methyl sites for hydroxylation is 1. The molecule has 202 valence electrons. The molecule has 0 radical (unpaired) electrons. The monoisotopic (exact) mass is 553 g/mol. The van der Waals surface area contributed by atoms with Gasteiger partial charge in [0.05, 0.1) is 0 Å². The lowest BCUT2D eigenvalue weighted by Crippen LogP contribution is -2.42. The lowest BCUT2D eigenvalue weighted by atomic mass is 9.67. The van der Waals surface area contributed by atoms with E-state index in [2.05, 4.69) is 64.3 Å². The van der Waals surface area contributed by atoms with Crippen molar-refractivity contribution in [2.75, 3.05) is 5.75 Å². The minimum absolute atomic E-state index is 0.515. The summed E-state index contributed by atoms with van der Waals surface area (Å²) in [7, 11) is 0. The normalized spacial score (nSPS) is 14.0. The molecule has 0 amide bonds. The van der Waals surface area contributed by atoms with Gasteiger partial charge in [0.25, 0.3) is 0 Å². The zero-order valence-electron chi connectivity index (χ0n) is 24.1. The standard InChI is InChI=1S/C25H29Cl2F.C5H12S.C2H6/c1-8-18(19-9-10-23(16(2)3)17(4)11-19)15-25(7,24(5,6)28)20-12-21(26)14-22(27)13-20;1-3-5(2)4-6;1-2/h8-14H,2,15H2,1,3-7H3;5-6H,3-4H2,1-2H3;1-2H3/p+1/b18-8+;;. The van der Waals surface area contributed by atoms with E-state index in [0.717, 1.165) is 45.1 Å². The van der Waals surface area contributed by atoms with E-state index < -0.39 is 11.1 Å². The van der Waals surface area contributed by atoms with Gasteiger partial charge in [-0.1, -0.05) is 94.2 Å². The first-order chi connectivity index (χ1) is 16.7. The van der Waals surface area contributed by atoms with E-state index in [-0.39, 0.29) is 0 Å². The average Bonchev–Trinajstić information content (AvgIpc) is 2.81. The molecule has 2 rings (SSSR count). The minimum atomic E-state index is -1.48. The number of alkyl halides is 1. The van der Waals surface area contributed by atoms with E-state index in [9.17, 15) is 0 Å². The summed E-state index contributed by atoms with van der Waals surface area (Å²) in [4.78, 5) is 0. The molecule has 36 heavy (non-hydrogen) atoms. The molecule has 0 saturated carbocycles. The third kappa shape index (κ3) is 9.92. The zero-order chi connectivity index (χ0) is 28.3. The Hall–Kier alpha value is -1.22. The van der Waals surface area contributed by atoms with E-state index in [0.29, 0.717) is 16.5 Å². The second-order valence-corrected chi connectivity index (χ2v) is 11.3. The van der Waals surface area contributed by atoms with Crippen molar-refractivity contribution >= 4 is 47.0 Å². The molecule has 2 aromatic carbocycles. The van der Waals surface area contributed by atoms with Gasteiger partial charge in [-0.25, -0.2) is 4.39 Å². The molecule has 2 aromatic rings. The van der Waals surface area contributed by atoms with Crippen LogP contribution in [0.5, 0.6) is 0 Å². The Balaban J connectivity index is 0.00000134. The van der Waals surface area contributed by atoms with Crippen LogP contribution < -0.4 is 0 Å². The van der Waals surface area contributed by atoms with Crippen LogP contribution in [0.25, 0.3) is 11.1 Å². The van der Waals surface area contributed by atoms with Crippen molar-refractivity contribution in [2.24, 2.45) is 5.92 Å². The van der Waals surface area contributed by atoms with Crippen molar-refractivity contribution in [1.82, 2.24) is 0 Å². The van der Waals surface area contributed by atoms with E-state index in [1.54, 1.807) is 19.9 Å².